The molecule has 0 saturated heterocycles. The highest BCUT2D eigenvalue weighted by Gasteiger charge is 2.22. The van der Waals surface area contributed by atoms with Crippen LogP contribution < -0.4 is 0 Å². The number of hydrogen-bond acceptors (Lipinski definition) is 0. The zero-order chi connectivity index (χ0) is 8.43. The second kappa shape index (κ2) is 3.42. The molecule has 0 N–H and O–H groups in total. The highest BCUT2D eigenvalue weighted by molar-refractivity contribution is 5.05. The van der Waals surface area contributed by atoms with Gasteiger partial charge in [0.25, 0.3) is 0 Å². The van der Waals surface area contributed by atoms with E-state index in [1.54, 1.807) is 5.57 Å². The Bertz CT molecular complexity index is 153. The zero-order valence-electron chi connectivity index (χ0n) is 8.22. The number of hydrogen-bond donors (Lipinski definition) is 0. The predicted octanol–water partition coefficient (Wildman–Crippen LogP) is 3.63. The van der Waals surface area contributed by atoms with Crippen LogP contribution in [0, 0.1) is 17.8 Å². The van der Waals surface area contributed by atoms with Crippen LogP contribution in [0.5, 0.6) is 0 Å². The molecule has 64 valence electrons. The molecule has 0 aromatic heterocycles. The molecule has 0 aliphatic heterocycles. The summed E-state index contributed by atoms with van der Waals surface area (Å²) in [5.41, 5.74) is 1.59. The Labute approximate surface area is 70.7 Å². The van der Waals surface area contributed by atoms with Gasteiger partial charge in [-0.1, -0.05) is 32.4 Å². The van der Waals surface area contributed by atoms with Crippen molar-refractivity contribution in [2.45, 2.75) is 40.5 Å². The van der Waals surface area contributed by atoms with Gasteiger partial charge in [0.15, 0.2) is 0 Å². The summed E-state index contributed by atoms with van der Waals surface area (Å²) in [6, 6.07) is 0. The smallest absolute Gasteiger partial charge is 0.0294 e. The lowest BCUT2D eigenvalue weighted by atomic mass is 9.75. The van der Waals surface area contributed by atoms with Crippen LogP contribution in [0.1, 0.15) is 40.5 Å². The largest absolute Gasteiger partial charge is 0.0853 e. The lowest BCUT2D eigenvalue weighted by Gasteiger charge is -2.30. The Morgan fingerprint density at radius 3 is 2.55 bits per heavy atom. The Morgan fingerprint density at radius 1 is 1.45 bits per heavy atom. The molecule has 0 amide bonds. The van der Waals surface area contributed by atoms with Crippen LogP contribution in [0.3, 0.4) is 0 Å². The molecule has 0 heterocycles. The van der Waals surface area contributed by atoms with Crippen LogP contribution in [-0.2, 0) is 0 Å². The van der Waals surface area contributed by atoms with E-state index < -0.39 is 0 Å². The van der Waals surface area contributed by atoms with Gasteiger partial charge in [0.05, 0.1) is 0 Å². The van der Waals surface area contributed by atoms with Crippen molar-refractivity contribution in [3.05, 3.63) is 11.6 Å². The first-order chi connectivity index (χ1) is 5.11. The van der Waals surface area contributed by atoms with Crippen LogP contribution >= 0.6 is 0 Å². The van der Waals surface area contributed by atoms with Crippen molar-refractivity contribution in [2.24, 2.45) is 17.8 Å². The SMILES string of the molecule is CC1=CC[C@H](C(C)C)[C@H](C)C1. The lowest BCUT2D eigenvalue weighted by Crippen LogP contribution is -2.20. The minimum atomic E-state index is 0.856. The van der Waals surface area contributed by atoms with Gasteiger partial charge in [-0.15, -0.1) is 0 Å². The summed E-state index contributed by atoms with van der Waals surface area (Å²) in [5.74, 6) is 2.69. The third-order valence-corrected chi connectivity index (χ3v) is 2.97. The van der Waals surface area contributed by atoms with E-state index in [1.165, 1.54) is 12.8 Å². The number of allylic oxidation sites excluding steroid dienone is 2. The fourth-order valence-electron chi connectivity index (χ4n) is 2.24. The van der Waals surface area contributed by atoms with Crippen LogP contribution in [-0.4, -0.2) is 0 Å². The van der Waals surface area contributed by atoms with E-state index >= 15 is 0 Å². The zero-order valence-corrected chi connectivity index (χ0v) is 8.22. The maximum Gasteiger partial charge on any atom is -0.0294 e. The molecule has 0 unspecified atom stereocenters. The van der Waals surface area contributed by atoms with Crippen LogP contribution in [0.25, 0.3) is 0 Å². The highest BCUT2D eigenvalue weighted by Crippen LogP contribution is 2.33. The first-order valence-electron chi connectivity index (χ1n) is 4.77. The minimum absolute atomic E-state index is 0.856. The third-order valence-electron chi connectivity index (χ3n) is 2.97. The second-order valence-electron chi connectivity index (χ2n) is 4.38. The van der Waals surface area contributed by atoms with Gasteiger partial charge in [-0.3, -0.25) is 0 Å². The summed E-state index contributed by atoms with van der Waals surface area (Å²) in [4.78, 5) is 0. The Kier molecular flexibility index (Phi) is 2.75. The Hall–Kier alpha value is -0.260. The second-order valence-corrected chi connectivity index (χ2v) is 4.38. The quantitative estimate of drug-likeness (QED) is 0.503. The van der Waals surface area contributed by atoms with Crippen LogP contribution in [0.2, 0.25) is 0 Å². The first kappa shape index (κ1) is 8.83. The summed E-state index contributed by atoms with van der Waals surface area (Å²) >= 11 is 0. The fraction of sp³-hybridized carbons (Fsp3) is 0.818. The van der Waals surface area contributed by atoms with Gasteiger partial charge in [0.1, 0.15) is 0 Å². The van der Waals surface area contributed by atoms with E-state index in [0.29, 0.717) is 0 Å². The maximum absolute atomic E-state index is 2.42. The molecule has 0 saturated carbocycles. The average molecular weight is 152 g/mol. The maximum atomic E-state index is 2.42. The van der Waals surface area contributed by atoms with E-state index in [2.05, 4.69) is 33.8 Å². The highest BCUT2D eigenvalue weighted by atomic mass is 14.3. The van der Waals surface area contributed by atoms with Crippen molar-refractivity contribution in [1.82, 2.24) is 0 Å². The van der Waals surface area contributed by atoms with Crippen molar-refractivity contribution >= 4 is 0 Å². The molecule has 0 radical (unpaired) electrons. The van der Waals surface area contributed by atoms with Gasteiger partial charge in [0, 0.05) is 0 Å². The third kappa shape index (κ3) is 2.08. The lowest BCUT2D eigenvalue weighted by molar-refractivity contribution is 0.259. The fourth-order valence-corrected chi connectivity index (χ4v) is 2.24. The van der Waals surface area contributed by atoms with Gasteiger partial charge in [-0.2, -0.15) is 0 Å². The van der Waals surface area contributed by atoms with Crippen LogP contribution in [0.4, 0.5) is 0 Å². The average Bonchev–Trinajstić information content (AvgIpc) is 1.85. The minimum Gasteiger partial charge on any atom is -0.0853 e. The molecule has 2 atom stereocenters. The topological polar surface area (TPSA) is 0 Å². The normalized spacial score (nSPS) is 32.3. The molecule has 0 nitrogen and oxygen atoms in total. The molecule has 1 aliphatic carbocycles. The van der Waals surface area contributed by atoms with Crippen molar-refractivity contribution in [2.75, 3.05) is 0 Å². The van der Waals surface area contributed by atoms with Crippen molar-refractivity contribution in [1.29, 1.82) is 0 Å². The molecule has 0 aromatic carbocycles. The molecular weight excluding hydrogens is 132 g/mol. The summed E-state index contributed by atoms with van der Waals surface area (Å²) in [5, 5.41) is 0. The Balaban J connectivity index is 2.58. The summed E-state index contributed by atoms with van der Waals surface area (Å²) < 4.78 is 0. The van der Waals surface area contributed by atoms with Crippen molar-refractivity contribution < 1.29 is 0 Å². The van der Waals surface area contributed by atoms with E-state index in [9.17, 15) is 0 Å². The standard InChI is InChI=1S/C11H20/c1-8(2)11-6-5-9(3)7-10(11)4/h5,8,10-11H,6-7H2,1-4H3/t10-,11-/m1/s1. The van der Waals surface area contributed by atoms with Gasteiger partial charge in [-0.05, 0) is 37.5 Å². The molecule has 1 aliphatic rings. The van der Waals surface area contributed by atoms with E-state index in [-0.39, 0.29) is 0 Å². The van der Waals surface area contributed by atoms with E-state index in [4.69, 9.17) is 0 Å². The van der Waals surface area contributed by atoms with Gasteiger partial charge < -0.3 is 0 Å². The molecular formula is C11H20. The van der Waals surface area contributed by atoms with Gasteiger partial charge in [-0.25, -0.2) is 0 Å². The van der Waals surface area contributed by atoms with E-state index in [0.717, 1.165) is 17.8 Å². The summed E-state index contributed by atoms with van der Waals surface area (Å²) in [6.07, 6.45) is 5.05. The monoisotopic (exact) mass is 152 g/mol. The van der Waals surface area contributed by atoms with Crippen molar-refractivity contribution in [3.8, 4) is 0 Å². The first-order valence-corrected chi connectivity index (χ1v) is 4.77. The van der Waals surface area contributed by atoms with E-state index in [1.807, 2.05) is 0 Å². The molecule has 0 heteroatoms. The van der Waals surface area contributed by atoms with Gasteiger partial charge in [0.2, 0.25) is 0 Å². The van der Waals surface area contributed by atoms with Gasteiger partial charge >= 0.3 is 0 Å². The van der Waals surface area contributed by atoms with Crippen molar-refractivity contribution in [3.63, 3.8) is 0 Å². The molecule has 1 rings (SSSR count). The predicted molar refractivity (Wildman–Crippen MR) is 50.5 cm³/mol. The molecule has 0 aromatic rings. The summed E-state index contributed by atoms with van der Waals surface area (Å²) in [6.45, 7) is 9.33. The summed E-state index contributed by atoms with van der Waals surface area (Å²) in [7, 11) is 0. The molecule has 0 spiro atoms. The molecule has 0 fully saturated rings. The number of rotatable bonds is 1. The molecule has 11 heavy (non-hydrogen) atoms. The molecule has 0 bridgehead atoms. The van der Waals surface area contributed by atoms with Crippen LogP contribution in [0.15, 0.2) is 11.6 Å². The Morgan fingerprint density at radius 2 is 2.09 bits per heavy atom.